The van der Waals surface area contributed by atoms with E-state index in [2.05, 4.69) is 20.2 Å². The zero-order chi connectivity index (χ0) is 17.8. The Balaban J connectivity index is 1.50. The number of hydrogen-bond donors (Lipinski definition) is 1. The van der Waals surface area contributed by atoms with E-state index in [1.807, 2.05) is 48.5 Å². The van der Waals surface area contributed by atoms with Gasteiger partial charge >= 0.3 is 0 Å². The number of carbonyl (C=O) groups is 1. The molecule has 1 aliphatic heterocycles. The van der Waals surface area contributed by atoms with E-state index < -0.39 is 0 Å². The van der Waals surface area contributed by atoms with Crippen LogP contribution < -0.4 is 10.2 Å². The van der Waals surface area contributed by atoms with Crippen LogP contribution in [0.5, 0.6) is 0 Å². The van der Waals surface area contributed by atoms with Crippen LogP contribution in [0.3, 0.4) is 0 Å². The van der Waals surface area contributed by atoms with E-state index in [9.17, 15) is 4.79 Å². The lowest BCUT2D eigenvalue weighted by Gasteiger charge is -2.25. The van der Waals surface area contributed by atoms with Crippen LogP contribution in [-0.2, 0) is 11.3 Å². The number of anilines is 1. The van der Waals surface area contributed by atoms with Crippen LogP contribution in [0.2, 0.25) is 0 Å². The van der Waals surface area contributed by atoms with Gasteiger partial charge in [0.15, 0.2) is 5.82 Å². The molecule has 2 aromatic heterocycles. The molecular formula is C20H20N4O2. The summed E-state index contributed by atoms with van der Waals surface area (Å²) in [5.74, 6) is 2.20. The molecule has 132 valence electrons. The maximum absolute atomic E-state index is 12.6. The molecule has 1 aliphatic rings. The van der Waals surface area contributed by atoms with E-state index in [-0.39, 0.29) is 11.9 Å². The van der Waals surface area contributed by atoms with Crippen LogP contribution >= 0.6 is 0 Å². The largest absolute Gasteiger partial charge is 0.467 e. The summed E-state index contributed by atoms with van der Waals surface area (Å²) in [6.45, 7) is 1.21. The number of hydrogen-bond acceptors (Lipinski definition) is 5. The zero-order valence-electron chi connectivity index (χ0n) is 14.3. The normalized spacial score (nSPS) is 16.6. The lowest BCUT2D eigenvalue weighted by Crippen LogP contribution is -2.43. The summed E-state index contributed by atoms with van der Waals surface area (Å²) in [4.78, 5) is 23.8. The second-order valence-corrected chi connectivity index (χ2v) is 6.25. The molecule has 26 heavy (non-hydrogen) atoms. The number of nitrogens with one attached hydrogen (secondary N) is 1. The zero-order valence-corrected chi connectivity index (χ0v) is 14.3. The molecule has 1 N–H and O–H groups in total. The van der Waals surface area contributed by atoms with E-state index in [1.165, 1.54) is 0 Å². The number of amides is 1. The van der Waals surface area contributed by atoms with E-state index >= 15 is 0 Å². The number of rotatable bonds is 5. The van der Waals surface area contributed by atoms with Crippen LogP contribution in [-0.4, -0.2) is 28.5 Å². The van der Waals surface area contributed by atoms with Gasteiger partial charge in [-0.05, 0) is 31.0 Å². The fourth-order valence-electron chi connectivity index (χ4n) is 3.25. The summed E-state index contributed by atoms with van der Waals surface area (Å²) in [6.07, 6.45) is 5.13. The second-order valence-electron chi connectivity index (χ2n) is 6.25. The highest BCUT2D eigenvalue weighted by atomic mass is 16.3. The van der Waals surface area contributed by atoms with Crippen molar-refractivity contribution in [2.45, 2.75) is 25.4 Å². The van der Waals surface area contributed by atoms with Gasteiger partial charge in [-0.1, -0.05) is 30.3 Å². The third-order valence-corrected chi connectivity index (χ3v) is 4.54. The summed E-state index contributed by atoms with van der Waals surface area (Å²) in [7, 11) is 0. The van der Waals surface area contributed by atoms with Gasteiger partial charge in [0, 0.05) is 18.3 Å². The molecule has 1 amide bonds. The second kappa shape index (κ2) is 7.39. The number of carbonyl (C=O) groups excluding carboxylic acids is 1. The summed E-state index contributed by atoms with van der Waals surface area (Å²) in [5.41, 5.74) is 0.965. The maximum atomic E-state index is 12.6. The quantitative estimate of drug-likeness (QED) is 0.767. The Morgan fingerprint density at radius 2 is 2.08 bits per heavy atom. The molecule has 1 aromatic carbocycles. The van der Waals surface area contributed by atoms with Crippen molar-refractivity contribution in [3.8, 4) is 11.4 Å². The molecule has 0 aliphatic carbocycles. The maximum Gasteiger partial charge on any atom is 0.243 e. The van der Waals surface area contributed by atoms with E-state index in [1.54, 1.807) is 12.5 Å². The minimum Gasteiger partial charge on any atom is -0.467 e. The first-order valence-corrected chi connectivity index (χ1v) is 8.76. The smallest absolute Gasteiger partial charge is 0.243 e. The molecule has 1 saturated heterocycles. The van der Waals surface area contributed by atoms with Crippen molar-refractivity contribution >= 4 is 11.7 Å². The highest BCUT2D eigenvalue weighted by Gasteiger charge is 2.31. The van der Waals surface area contributed by atoms with Crippen molar-refractivity contribution in [1.82, 2.24) is 15.3 Å². The molecule has 0 spiro atoms. The Morgan fingerprint density at radius 1 is 1.19 bits per heavy atom. The van der Waals surface area contributed by atoms with Gasteiger partial charge in [-0.2, -0.15) is 0 Å². The van der Waals surface area contributed by atoms with Crippen LogP contribution in [0.4, 0.5) is 5.82 Å². The highest BCUT2D eigenvalue weighted by molar-refractivity contribution is 5.85. The molecular weight excluding hydrogens is 328 g/mol. The van der Waals surface area contributed by atoms with Crippen LogP contribution in [0.15, 0.2) is 65.4 Å². The molecule has 1 atom stereocenters. The monoisotopic (exact) mass is 348 g/mol. The van der Waals surface area contributed by atoms with Crippen molar-refractivity contribution in [1.29, 1.82) is 0 Å². The fourth-order valence-corrected chi connectivity index (χ4v) is 3.25. The first-order chi connectivity index (χ1) is 12.8. The van der Waals surface area contributed by atoms with E-state index in [0.717, 1.165) is 36.5 Å². The number of furan rings is 1. The summed E-state index contributed by atoms with van der Waals surface area (Å²) in [6, 6.07) is 15.2. The fraction of sp³-hybridized carbons (Fsp3) is 0.250. The van der Waals surface area contributed by atoms with Crippen LogP contribution in [0.1, 0.15) is 18.6 Å². The SMILES string of the molecule is O=C(NCc1ccco1)[C@@H]1CCCN1c1ccnc(-c2ccccc2)n1. The summed E-state index contributed by atoms with van der Waals surface area (Å²) in [5, 5.41) is 2.96. The lowest BCUT2D eigenvalue weighted by molar-refractivity contribution is -0.122. The van der Waals surface area contributed by atoms with Crippen molar-refractivity contribution in [3.63, 3.8) is 0 Å². The highest BCUT2D eigenvalue weighted by Crippen LogP contribution is 2.25. The Bertz CT molecular complexity index is 865. The summed E-state index contributed by atoms with van der Waals surface area (Å²) >= 11 is 0. The van der Waals surface area contributed by atoms with Gasteiger partial charge in [0.1, 0.15) is 17.6 Å². The van der Waals surface area contributed by atoms with Gasteiger partial charge in [0.05, 0.1) is 12.8 Å². The third kappa shape index (κ3) is 3.44. The third-order valence-electron chi connectivity index (χ3n) is 4.54. The van der Waals surface area contributed by atoms with Gasteiger partial charge < -0.3 is 14.6 Å². The minimum absolute atomic E-state index is 0.00114. The van der Waals surface area contributed by atoms with Crippen molar-refractivity contribution in [2.24, 2.45) is 0 Å². The molecule has 0 saturated carbocycles. The average Bonchev–Trinajstić information content (AvgIpc) is 3.39. The Kier molecular flexibility index (Phi) is 4.64. The molecule has 0 radical (unpaired) electrons. The molecule has 4 rings (SSSR count). The van der Waals surface area contributed by atoms with Crippen LogP contribution in [0, 0.1) is 0 Å². The van der Waals surface area contributed by atoms with E-state index in [4.69, 9.17) is 4.42 Å². The molecule has 3 heterocycles. The first kappa shape index (κ1) is 16.3. The van der Waals surface area contributed by atoms with Crippen LogP contribution in [0.25, 0.3) is 11.4 Å². The Morgan fingerprint density at radius 3 is 2.88 bits per heavy atom. The molecule has 1 fully saturated rings. The van der Waals surface area contributed by atoms with E-state index in [0.29, 0.717) is 12.4 Å². The molecule has 0 bridgehead atoms. The standard InChI is InChI=1S/C20H20N4O2/c25-20(22-14-16-8-5-13-26-16)17-9-4-12-24(17)18-10-11-21-19(23-18)15-6-2-1-3-7-15/h1-3,5-8,10-11,13,17H,4,9,12,14H2,(H,22,25)/t17-/m0/s1. The first-order valence-electron chi connectivity index (χ1n) is 8.76. The lowest BCUT2D eigenvalue weighted by atomic mass is 10.2. The predicted molar refractivity (Wildman–Crippen MR) is 98.4 cm³/mol. The van der Waals surface area contributed by atoms with Gasteiger partial charge in [-0.3, -0.25) is 4.79 Å². The Hall–Kier alpha value is -3.15. The summed E-state index contributed by atoms with van der Waals surface area (Å²) < 4.78 is 5.27. The molecule has 6 heteroatoms. The molecule has 0 unspecified atom stereocenters. The molecule has 3 aromatic rings. The predicted octanol–water partition coefficient (Wildman–Crippen LogP) is 3.02. The topological polar surface area (TPSA) is 71.3 Å². The van der Waals surface area contributed by atoms with Crippen molar-refractivity contribution in [2.75, 3.05) is 11.4 Å². The van der Waals surface area contributed by atoms with Crippen molar-refractivity contribution < 1.29 is 9.21 Å². The Labute approximate surface area is 151 Å². The molecule has 6 nitrogen and oxygen atoms in total. The van der Waals surface area contributed by atoms with Gasteiger partial charge in [0.2, 0.25) is 5.91 Å². The van der Waals surface area contributed by atoms with Gasteiger partial charge in [-0.15, -0.1) is 0 Å². The minimum atomic E-state index is -0.219. The van der Waals surface area contributed by atoms with Crippen molar-refractivity contribution in [3.05, 3.63) is 66.8 Å². The number of benzene rings is 1. The average molecular weight is 348 g/mol. The van der Waals surface area contributed by atoms with Gasteiger partial charge in [-0.25, -0.2) is 9.97 Å². The number of nitrogens with zero attached hydrogens (tertiary/aromatic N) is 3. The number of aromatic nitrogens is 2. The van der Waals surface area contributed by atoms with Gasteiger partial charge in [0.25, 0.3) is 0 Å².